The monoisotopic (exact) mass is 589 g/mol. The van der Waals surface area contributed by atoms with Crippen LogP contribution in [-0.4, -0.2) is 91.6 Å². The normalized spacial score (nSPS) is 19.4. The number of piperazine rings is 1. The van der Waals surface area contributed by atoms with Crippen LogP contribution in [0.5, 0.6) is 0 Å². The molecule has 1 aliphatic carbocycles. The Kier molecular flexibility index (Phi) is 9.39. The van der Waals surface area contributed by atoms with E-state index >= 15 is 0 Å². The molecular formula is C33H40FN5O4. The zero-order valence-corrected chi connectivity index (χ0v) is 24.7. The lowest BCUT2D eigenvalue weighted by Crippen LogP contribution is -2.64. The Hall–Kier alpha value is -3.86. The second-order valence-electron chi connectivity index (χ2n) is 11.7. The summed E-state index contributed by atoms with van der Waals surface area (Å²) in [5.41, 5.74) is 6.96. The number of hydrogen-bond acceptors (Lipinski definition) is 6. The molecule has 2 fully saturated rings. The van der Waals surface area contributed by atoms with Crippen molar-refractivity contribution < 1.29 is 23.5 Å². The second-order valence-corrected chi connectivity index (χ2v) is 11.7. The van der Waals surface area contributed by atoms with Crippen LogP contribution in [0.1, 0.15) is 24.0 Å². The van der Waals surface area contributed by atoms with E-state index in [2.05, 4.69) is 45.9 Å². The molecular weight excluding hydrogens is 549 g/mol. The number of nitrogens with one attached hydrogen (secondary N) is 2. The van der Waals surface area contributed by atoms with Crippen molar-refractivity contribution in [2.45, 2.75) is 49.3 Å². The van der Waals surface area contributed by atoms with Crippen LogP contribution in [-0.2, 0) is 32.0 Å². The Labute approximate surface area is 251 Å². The molecule has 0 aromatic heterocycles. The van der Waals surface area contributed by atoms with Crippen LogP contribution in [0.4, 0.5) is 4.39 Å². The van der Waals surface area contributed by atoms with Gasteiger partial charge in [0, 0.05) is 40.2 Å². The van der Waals surface area contributed by atoms with E-state index in [1.165, 1.54) is 12.1 Å². The van der Waals surface area contributed by atoms with E-state index in [0.717, 1.165) is 21.9 Å². The summed E-state index contributed by atoms with van der Waals surface area (Å²) in [6.45, 7) is 1.50. The Morgan fingerprint density at radius 1 is 1.00 bits per heavy atom. The quantitative estimate of drug-likeness (QED) is 0.315. The number of nitrogens with two attached hydrogens (primary N) is 1. The first-order valence-electron chi connectivity index (χ1n) is 14.8. The summed E-state index contributed by atoms with van der Waals surface area (Å²) >= 11 is 0. The van der Waals surface area contributed by atoms with Gasteiger partial charge in [-0.2, -0.15) is 0 Å². The second kappa shape index (κ2) is 13.2. The fraction of sp³-hybridized carbons (Fsp3) is 0.424. The lowest BCUT2D eigenvalue weighted by Gasteiger charge is -2.44. The molecule has 5 rings (SSSR count). The Bertz CT molecular complexity index is 1460. The van der Waals surface area contributed by atoms with Gasteiger partial charge in [-0.05, 0) is 53.3 Å². The maximum atomic E-state index is 14.1. The van der Waals surface area contributed by atoms with Crippen LogP contribution in [0.2, 0.25) is 0 Å². The molecule has 3 aromatic carbocycles. The highest BCUT2D eigenvalue weighted by molar-refractivity contribution is 5.94. The van der Waals surface area contributed by atoms with Gasteiger partial charge < -0.3 is 26.0 Å². The first-order valence-corrected chi connectivity index (χ1v) is 14.8. The van der Waals surface area contributed by atoms with Crippen LogP contribution in [0.25, 0.3) is 10.8 Å². The van der Waals surface area contributed by atoms with Gasteiger partial charge in [0.15, 0.2) is 0 Å². The average Bonchev–Trinajstić information content (AvgIpc) is 3.78. The van der Waals surface area contributed by atoms with E-state index in [9.17, 15) is 18.8 Å². The molecule has 0 spiro atoms. The van der Waals surface area contributed by atoms with E-state index in [4.69, 9.17) is 10.5 Å². The summed E-state index contributed by atoms with van der Waals surface area (Å²) in [5.74, 6) is -1.08. The van der Waals surface area contributed by atoms with Crippen molar-refractivity contribution in [1.29, 1.82) is 0 Å². The summed E-state index contributed by atoms with van der Waals surface area (Å²) in [6.07, 6.45) is 1.85. The summed E-state index contributed by atoms with van der Waals surface area (Å²) in [5, 5.41) is 7.95. The Morgan fingerprint density at radius 3 is 2.37 bits per heavy atom. The van der Waals surface area contributed by atoms with Gasteiger partial charge in [0.25, 0.3) is 0 Å². The fourth-order valence-electron chi connectivity index (χ4n) is 5.85. The van der Waals surface area contributed by atoms with Gasteiger partial charge in [-0.1, -0.05) is 54.6 Å². The van der Waals surface area contributed by atoms with Crippen LogP contribution >= 0.6 is 0 Å². The van der Waals surface area contributed by atoms with Gasteiger partial charge in [-0.25, -0.2) is 4.39 Å². The number of ether oxygens (including phenoxy) is 1. The number of fused-ring (bicyclic) bond motifs is 1. The van der Waals surface area contributed by atoms with Crippen molar-refractivity contribution in [3.8, 4) is 0 Å². The molecule has 10 heteroatoms. The van der Waals surface area contributed by atoms with Gasteiger partial charge in [0.1, 0.15) is 11.9 Å². The van der Waals surface area contributed by atoms with Crippen LogP contribution in [0.3, 0.4) is 0 Å². The summed E-state index contributed by atoms with van der Waals surface area (Å²) in [6, 6.07) is 18.6. The predicted molar refractivity (Wildman–Crippen MR) is 163 cm³/mol. The van der Waals surface area contributed by atoms with Crippen LogP contribution in [0, 0.1) is 5.82 Å². The number of hydrogen-bond donors (Lipinski definition) is 3. The minimum absolute atomic E-state index is 0.0942. The molecule has 9 nitrogen and oxygen atoms in total. The molecule has 4 N–H and O–H groups in total. The largest absolute Gasteiger partial charge is 0.382 e. The van der Waals surface area contributed by atoms with Crippen molar-refractivity contribution in [2.75, 3.05) is 40.4 Å². The molecule has 2 aliphatic rings. The minimum atomic E-state index is -0.949. The minimum Gasteiger partial charge on any atom is -0.382 e. The molecule has 3 unspecified atom stereocenters. The third-order valence-corrected chi connectivity index (χ3v) is 8.59. The molecule has 0 bridgehead atoms. The molecule has 1 heterocycles. The number of likely N-dealkylation sites (N-methyl/N-ethyl adjacent to an activating group) is 1. The highest BCUT2D eigenvalue weighted by atomic mass is 19.1. The molecule has 1 aliphatic heterocycles. The number of benzene rings is 3. The van der Waals surface area contributed by atoms with E-state index in [-0.39, 0.29) is 42.6 Å². The molecule has 228 valence electrons. The number of carbonyl (C=O) groups excluding carboxylic acids is 3. The highest BCUT2D eigenvalue weighted by Gasteiger charge is 2.47. The van der Waals surface area contributed by atoms with Crippen LogP contribution in [0.15, 0.2) is 66.7 Å². The van der Waals surface area contributed by atoms with Gasteiger partial charge in [0.05, 0.1) is 24.2 Å². The van der Waals surface area contributed by atoms with Gasteiger partial charge in [0.2, 0.25) is 17.7 Å². The zero-order chi connectivity index (χ0) is 30.6. The average molecular weight is 590 g/mol. The number of amides is 3. The third kappa shape index (κ3) is 7.21. The van der Waals surface area contributed by atoms with E-state index < -0.39 is 17.6 Å². The topological polar surface area (TPSA) is 117 Å². The van der Waals surface area contributed by atoms with E-state index in [1.54, 1.807) is 31.2 Å². The van der Waals surface area contributed by atoms with Crippen molar-refractivity contribution in [1.82, 2.24) is 20.4 Å². The highest BCUT2D eigenvalue weighted by Crippen LogP contribution is 2.32. The maximum Gasteiger partial charge on any atom is 0.245 e. The van der Waals surface area contributed by atoms with Gasteiger partial charge in [-0.15, -0.1) is 0 Å². The van der Waals surface area contributed by atoms with Crippen molar-refractivity contribution in [3.63, 3.8) is 0 Å². The molecule has 3 atom stereocenters. The van der Waals surface area contributed by atoms with Crippen molar-refractivity contribution in [3.05, 3.63) is 83.7 Å². The maximum absolute atomic E-state index is 14.1. The first kappa shape index (κ1) is 30.6. The molecule has 3 aromatic rings. The summed E-state index contributed by atoms with van der Waals surface area (Å²) < 4.78 is 19.1. The number of carbonyl (C=O) groups is 3. The lowest BCUT2D eigenvalue weighted by molar-refractivity contribution is -0.144. The molecule has 1 saturated heterocycles. The number of rotatable bonds is 11. The standard InChI is InChI=1S/C33H40FN5O4/c1-36-30(40)29(19-23-7-10-24-5-3-4-6-25(24)17-23)38-15-16-39(27(20-38)21-43-2)31(41)28(37-32(42)33(35)13-14-33)18-22-8-11-26(34)12-9-22/h3-12,17,27-29H,13-16,18-21,35H2,1-2H3,(H,36,40)(H,37,42). The van der Waals surface area contributed by atoms with Crippen molar-refractivity contribution >= 4 is 28.5 Å². The molecule has 3 amide bonds. The predicted octanol–water partition coefficient (Wildman–Crippen LogP) is 2.01. The number of methoxy groups -OCH3 is 1. The number of halogens is 1. The lowest BCUT2D eigenvalue weighted by atomic mass is 9.98. The smallest absolute Gasteiger partial charge is 0.245 e. The summed E-state index contributed by atoms with van der Waals surface area (Å²) in [7, 11) is 3.21. The first-order chi connectivity index (χ1) is 20.7. The summed E-state index contributed by atoms with van der Waals surface area (Å²) in [4.78, 5) is 44.0. The Balaban J connectivity index is 1.34. The molecule has 0 radical (unpaired) electrons. The van der Waals surface area contributed by atoms with E-state index in [0.29, 0.717) is 38.9 Å². The Morgan fingerprint density at radius 2 is 1.70 bits per heavy atom. The third-order valence-electron chi connectivity index (χ3n) is 8.59. The fourth-order valence-corrected chi connectivity index (χ4v) is 5.85. The van der Waals surface area contributed by atoms with Gasteiger partial charge >= 0.3 is 0 Å². The van der Waals surface area contributed by atoms with Crippen molar-refractivity contribution in [2.24, 2.45) is 5.73 Å². The van der Waals surface area contributed by atoms with Gasteiger partial charge in [-0.3, -0.25) is 19.3 Å². The number of nitrogens with zero attached hydrogens (tertiary/aromatic N) is 2. The van der Waals surface area contributed by atoms with Crippen LogP contribution < -0.4 is 16.4 Å². The zero-order valence-electron chi connectivity index (χ0n) is 24.7. The SMILES string of the molecule is CNC(=O)C(Cc1ccc2ccccc2c1)N1CCN(C(=O)C(Cc2ccc(F)cc2)NC(=O)C2(N)CC2)C(COC)C1. The molecule has 43 heavy (non-hydrogen) atoms. The van der Waals surface area contributed by atoms with E-state index in [1.807, 2.05) is 12.1 Å². The molecule has 1 saturated carbocycles.